The monoisotopic (exact) mass is 413 g/mol. The van der Waals surface area contributed by atoms with Crippen molar-refractivity contribution in [1.29, 1.82) is 0 Å². The fraction of sp³-hybridized carbons (Fsp3) is 0.318. The number of amides is 4. The van der Waals surface area contributed by atoms with Gasteiger partial charge in [-0.15, -0.1) is 0 Å². The first-order chi connectivity index (χ1) is 14.0. The largest absolute Gasteiger partial charge is 0.354 e. The maximum atomic E-state index is 13.1. The Morgan fingerprint density at radius 2 is 1.90 bits per heavy atom. The van der Waals surface area contributed by atoms with Gasteiger partial charge in [0.05, 0.1) is 0 Å². The molecular formula is C22H24ClN3O3. The van der Waals surface area contributed by atoms with Gasteiger partial charge in [-0.05, 0) is 36.1 Å². The van der Waals surface area contributed by atoms with Gasteiger partial charge in [0.2, 0.25) is 5.91 Å². The molecule has 2 aromatic carbocycles. The summed E-state index contributed by atoms with van der Waals surface area (Å²) in [6, 6.07) is 16.0. The van der Waals surface area contributed by atoms with Crippen molar-refractivity contribution >= 4 is 29.4 Å². The molecule has 7 heteroatoms. The highest BCUT2D eigenvalue weighted by Gasteiger charge is 2.52. The standard InChI is InChI=1S/C22H24ClN3O3/c1-2-12-22(17-8-4-3-5-9-17)20(28)26(21(29)25-22)15-19(27)24-13-11-16-7-6-10-18(23)14-16/h3-10,14H,2,11-13,15H2,1H3,(H,24,27)(H,25,29)/t22-/m1/s1. The molecule has 1 fully saturated rings. The topological polar surface area (TPSA) is 78.5 Å². The summed E-state index contributed by atoms with van der Waals surface area (Å²) in [6.45, 7) is 2.04. The van der Waals surface area contributed by atoms with Crippen LogP contribution in [0.1, 0.15) is 30.9 Å². The first-order valence-electron chi connectivity index (χ1n) is 9.67. The average molecular weight is 414 g/mol. The third-order valence-electron chi connectivity index (χ3n) is 4.99. The molecule has 1 saturated heterocycles. The van der Waals surface area contributed by atoms with Crippen LogP contribution in [0.3, 0.4) is 0 Å². The van der Waals surface area contributed by atoms with Gasteiger partial charge in [-0.25, -0.2) is 4.79 Å². The Morgan fingerprint density at radius 3 is 2.59 bits per heavy atom. The van der Waals surface area contributed by atoms with Crippen LogP contribution >= 0.6 is 11.6 Å². The Labute approximate surface area is 175 Å². The maximum absolute atomic E-state index is 13.1. The van der Waals surface area contributed by atoms with E-state index < -0.39 is 11.6 Å². The summed E-state index contributed by atoms with van der Waals surface area (Å²) in [4.78, 5) is 39.0. The lowest BCUT2D eigenvalue weighted by Crippen LogP contribution is -2.45. The minimum absolute atomic E-state index is 0.307. The zero-order chi connectivity index (χ0) is 20.9. The van der Waals surface area contributed by atoms with Crippen LogP contribution in [-0.2, 0) is 21.5 Å². The van der Waals surface area contributed by atoms with Crippen LogP contribution in [-0.4, -0.2) is 35.8 Å². The Hall–Kier alpha value is -2.86. The van der Waals surface area contributed by atoms with Crippen LogP contribution in [0.15, 0.2) is 54.6 Å². The van der Waals surface area contributed by atoms with Gasteiger partial charge >= 0.3 is 6.03 Å². The van der Waals surface area contributed by atoms with Gasteiger partial charge in [-0.2, -0.15) is 0 Å². The van der Waals surface area contributed by atoms with Crippen LogP contribution in [0.4, 0.5) is 4.79 Å². The third-order valence-corrected chi connectivity index (χ3v) is 5.23. The number of benzene rings is 2. The smallest absolute Gasteiger partial charge is 0.325 e. The van der Waals surface area contributed by atoms with E-state index in [2.05, 4.69) is 10.6 Å². The summed E-state index contributed by atoms with van der Waals surface area (Å²) in [5.41, 5.74) is 0.608. The molecule has 1 aliphatic rings. The molecule has 0 spiro atoms. The lowest BCUT2D eigenvalue weighted by atomic mass is 9.85. The molecule has 0 bridgehead atoms. The first kappa shape index (κ1) is 20.9. The molecule has 3 rings (SSSR count). The Kier molecular flexibility index (Phi) is 6.54. The summed E-state index contributed by atoms with van der Waals surface area (Å²) < 4.78 is 0. The van der Waals surface area contributed by atoms with Gasteiger partial charge in [0.15, 0.2) is 0 Å². The van der Waals surface area contributed by atoms with Crippen LogP contribution in [0.5, 0.6) is 0 Å². The average Bonchev–Trinajstić information content (AvgIpc) is 2.94. The van der Waals surface area contributed by atoms with Gasteiger partial charge in [0, 0.05) is 11.6 Å². The predicted molar refractivity (Wildman–Crippen MR) is 111 cm³/mol. The lowest BCUT2D eigenvalue weighted by molar-refractivity contribution is -0.135. The van der Waals surface area contributed by atoms with Crippen LogP contribution < -0.4 is 10.6 Å². The fourth-order valence-electron chi connectivity index (χ4n) is 3.62. The molecule has 29 heavy (non-hydrogen) atoms. The van der Waals surface area contributed by atoms with Crippen molar-refractivity contribution < 1.29 is 14.4 Å². The zero-order valence-electron chi connectivity index (χ0n) is 16.3. The van der Waals surface area contributed by atoms with E-state index >= 15 is 0 Å². The number of urea groups is 1. The number of carbonyl (C=O) groups excluding carboxylic acids is 3. The molecular weight excluding hydrogens is 390 g/mol. The zero-order valence-corrected chi connectivity index (χ0v) is 17.0. The van der Waals surface area contributed by atoms with Crippen molar-refractivity contribution in [3.8, 4) is 0 Å². The Bertz CT molecular complexity index is 903. The van der Waals surface area contributed by atoms with E-state index in [0.717, 1.165) is 16.0 Å². The van der Waals surface area contributed by atoms with Crippen molar-refractivity contribution in [1.82, 2.24) is 15.5 Å². The first-order valence-corrected chi connectivity index (χ1v) is 10.0. The summed E-state index contributed by atoms with van der Waals surface area (Å²) in [7, 11) is 0. The van der Waals surface area contributed by atoms with E-state index in [9.17, 15) is 14.4 Å². The number of nitrogens with zero attached hydrogens (tertiary/aromatic N) is 1. The van der Waals surface area contributed by atoms with Gasteiger partial charge in [0.1, 0.15) is 12.1 Å². The van der Waals surface area contributed by atoms with Crippen LogP contribution in [0.25, 0.3) is 0 Å². The highest BCUT2D eigenvalue weighted by molar-refractivity contribution is 6.30. The number of carbonyl (C=O) groups is 3. The molecule has 4 amide bonds. The second-order valence-corrected chi connectivity index (χ2v) is 7.51. The minimum Gasteiger partial charge on any atom is -0.354 e. The van der Waals surface area contributed by atoms with E-state index in [1.54, 1.807) is 6.07 Å². The Balaban J connectivity index is 1.64. The van der Waals surface area contributed by atoms with Crippen molar-refractivity contribution in [2.24, 2.45) is 0 Å². The quantitative estimate of drug-likeness (QED) is 0.652. The minimum atomic E-state index is -1.12. The lowest BCUT2D eigenvalue weighted by Gasteiger charge is -2.26. The molecule has 0 unspecified atom stereocenters. The van der Waals surface area contributed by atoms with Gasteiger partial charge in [0.25, 0.3) is 5.91 Å². The summed E-state index contributed by atoms with van der Waals surface area (Å²) in [6.07, 6.45) is 1.78. The van der Waals surface area contributed by atoms with Crippen molar-refractivity contribution in [3.63, 3.8) is 0 Å². The molecule has 1 aliphatic heterocycles. The third kappa shape index (κ3) is 4.59. The predicted octanol–water partition coefficient (Wildman–Crippen LogP) is 3.25. The van der Waals surface area contributed by atoms with E-state index in [1.807, 2.05) is 55.5 Å². The highest BCUT2D eigenvalue weighted by Crippen LogP contribution is 2.33. The molecule has 0 aromatic heterocycles. The molecule has 1 atom stereocenters. The Morgan fingerprint density at radius 1 is 1.14 bits per heavy atom. The SMILES string of the molecule is CCC[C@]1(c2ccccc2)NC(=O)N(CC(=O)NCCc2cccc(Cl)c2)C1=O. The van der Waals surface area contributed by atoms with Crippen LogP contribution in [0.2, 0.25) is 5.02 Å². The number of hydrogen-bond acceptors (Lipinski definition) is 3. The fourth-order valence-corrected chi connectivity index (χ4v) is 3.83. The van der Waals surface area contributed by atoms with Crippen molar-refractivity contribution in [3.05, 3.63) is 70.7 Å². The molecule has 0 saturated carbocycles. The van der Waals surface area contributed by atoms with E-state index in [1.165, 1.54) is 0 Å². The number of hydrogen-bond donors (Lipinski definition) is 2. The second-order valence-electron chi connectivity index (χ2n) is 7.07. The molecule has 0 radical (unpaired) electrons. The highest BCUT2D eigenvalue weighted by atomic mass is 35.5. The number of rotatable bonds is 8. The number of halogens is 1. The van der Waals surface area contributed by atoms with E-state index in [4.69, 9.17) is 11.6 Å². The molecule has 1 heterocycles. The van der Waals surface area contributed by atoms with Gasteiger partial charge in [-0.3, -0.25) is 14.5 Å². The molecule has 0 aliphatic carbocycles. The maximum Gasteiger partial charge on any atom is 0.325 e. The normalized spacial score (nSPS) is 18.6. The van der Waals surface area contributed by atoms with Crippen LogP contribution in [0, 0.1) is 0 Å². The number of nitrogens with one attached hydrogen (secondary N) is 2. The molecule has 6 nitrogen and oxygen atoms in total. The van der Waals surface area contributed by atoms with Crippen molar-refractivity contribution in [2.75, 3.05) is 13.1 Å². The van der Waals surface area contributed by atoms with Gasteiger partial charge in [-0.1, -0.05) is 67.4 Å². The van der Waals surface area contributed by atoms with E-state index in [-0.39, 0.29) is 18.4 Å². The molecule has 2 N–H and O–H groups in total. The van der Waals surface area contributed by atoms with Gasteiger partial charge < -0.3 is 10.6 Å². The van der Waals surface area contributed by atoms with E-state index in [0.29, 0.717) is 30.8 Å². The summed E-state index contributed by atoms with van der Waals surface area (Å²) in [5, 5.41) is 6.22. The summed E-state index contributed by atoms with van der Waals surface area (Å²) in [5.74, 6) is -0.767. The molecule has 152 valence electrons. The second kappa shape index (κ2) is 9.09. The molecule has 2 aromatic rings. The van der Waals surface area contributed by atoms with Crippen molar-refractivity contribution in [2.45, 2.75) is 31.7 Å². The summed E-state index contributed by atoms with van der Waals surface area (Å²) >= 11 is 5.96. The number of imide groups is 1.